The van der Waals surface area contributed by atoms with Crippen molar-refractivity contribution in [1.82, 2.24) is 15.1 Å². The molecule has 1 heterocycles. The van der Waals surface area contributed by atoms with Crippen molar-refractivity contribution in [2.45, 2.75) is 52.5 Å². The van der Waals surface area contributed by atoms with E-state index in [1.54, 1.807) is 0 Å². The quantitative estimate of drug-likeness (QED) is 0.768. The fourth-order valence-corrected chi connectivity index (χ4v) is 1.95. The minimum absolute atomic E-state index is 0.602. The zero-order valence-electron chi connectivity index (χ0n) is 11.1. The predicted molar refractivity (Wildman–Crippen MR) is 68.7 cm³/mol. The Kier molecular flexibility index (Phi) is 5.53. The lowest BCUT2D eigenvalue weighted by Gasteiger charge is -2.12. The zero-order chi connectivity index (χ0) is 12.0. The molecule has 0 aliphatic heterocycles. The molecule has 0 amide bonds. The Morgan fingerprint density at radius 1 is 1.44 bits per heavy atom. The van der Waals surface area contributed by atoms with Crippen molar-refractivity contribution < 1.29 is 0 Å². The molecule has 1 aromatic heterocycles. The van der Waals surface area contributed by atoms with Gasteiger partial charge in [0.25, 0.3) is 0 Å². The summed E-state index contributed by atoms with van der Waals surface area (Å²) < 4.78 is 1.93. The summed E-state index contributed by atoms with van der Waals surface area (Å²) in [4.78, 5) is 0. The van der Waals surface area contributed by atoms with Gasteiger partial charge in [0.05, 0.1) is 5.69 Å². The molecule has 0 aliphatic rings. The SMILES string of the molecule is CCCNC(C)CCc1cn(C)nc1CC. The summed E-state index contributed by atoms with van der Waals surface area (Å²) in [6.45, 7) is 7.76. The van der Waals surface area contributed by atoms with Crippen LogP contribution in [0.1, 0.15) is 44.9 Å². The number of nitrogens with one attached hydrogen (secondary N) is 1. The topological polar surface area (TPSA) is 29.9 Å². The van der Waals surface area contributed by atoms with Gasteiger partial charge < -0.3 is 5.32 Å². The van der Waals surface area contributed by atoms with Crippen LogP contribution in [0.15, 0.2) is 6.20 Å². The van der Waals surface area contributed by atoms with Gasteiger partial charge in [-0.15, -0.1) is 0 Å². The summed E-state index contributed by atoms with van der Waals surface area (Å²) in [6.07, 6.45) is 6.73. The van der Waals surface area contributed by atoms with E-state index in [0.29, 0.717) is 6.04 Å². The number of aromatic nitrogens is 2. The Hall–Kier alpha value is -0.830. The monoisotopic (exact) mass is 223 g/mol. The Morgan fingerprint density at radius 3 is 2.81 bits per heavy atom. The molecular formula is C13H25N3. The van der Waals surface area contributed by atoms with Gasteiger partial charge in [-0.3, -0.25) is 4.68 Å². The lowest BCUT2D eigenvalue weighted by atomic mass is 10.1. The molecule has 0 aliphatic carbocycles. The van der Waals surface area contributed by atoms with E-state index in [0.717, 1.165) is 19.4 Å². The van der Waals surface area contributed by atoms with Gasteiger partial charge in [-0.1, -0.05) is 13.8 Å². The lowest BCUT2D eigenvalue weighted by molar-refractivity contribution is 0.513. The van der Waals surface area contributed by atoms with Crippen LogP contribution < -0.4 is 5.32 Å². The first-order valence-electron chi connectivity index (χ1n) is 6.42. The molecule has 92 valence electrons. The summed E-state index contributed by atoms with van der Waals surface area (Å²) in [6, 6.07) is 0.602. The van der Waals surface area contributed by atoms with Gasteiger partial charge in [0.1, 0.15) is 0 Å². The van der Waals surface area contributed by atoms with Gasteiger partial charge in [0.2, 0.25) is 0 Å². The van der Waals surface area contributed by atoms with E-state index in [4.69, 9.17) is 0 Å². The second-order valence-electron chi connectivity index (χ2n) is 4.52. The zero-order valence-corrected chi connectivity index (χ0v) is 11.1. The van der Waals surface area contributed by atoms with Crippen molar-refractivity contribution in [3.05, 3.63) is 17.5 Å². The Bertz CT molecular complexity index is 304. The maximum absolute atomic E-state index is 4.47. The third-order valence-electron chi connectivity index (χ3n) is 2.92. The average molecular weight is 223 g/mol. The number of nitrogens with zero attached hydrogens (tertiary/aromatic N) is 2. The predicted octanol–water partition coefficient (Wildman–Crippen LogP) is 2.30. The van der Waals surface area contributed by atoms with Crippen molar-refractivity contribution in [3.8, 4) is 0 Å². The molecule has 0 spiro atoms. The molecule has 16 heavy (non-hydrogen) atoms. The molecule has 1 unspecified atom stereocenters. The first-order chi connectivity index (χ1) is 7.67. The summed E-state index contributed by atoms with van der Waals surface area (Å²) in [7, 11) is 2.00. The van der Waals surface area contributed by atoms with Gasteiger partial charge in [-0.2, -0.15) is 5.10 Å². The van der Waals surface area contributed by atoms with Gasteiger partial charge in [-0.25, -0.2) is 0 Å². The molecule has 0 bridgehead atoms. The van der Waals surface area contributed by atoms with Crippen molar-refractivity contribution in [2.24, 2.45) is 7.05 Å². The molecule has 3 nitrogen and oxygen atoms in total. The van der Waals surface area contributed by atoms with Crippen molar-refractivity contribution in [2.75, 3.05) is 6.54 Å². The third kappa shape index (κ3) is 3.97. The number of hydrogen-bond donors (Lipinski definition) is 1. The summed E-state index contributed by atoms with van der Waals surface area (Å²) in [5, 5.41) is 7.99. The molecule has 0 aromatic carbocycles. The van der Waals surface area contributed by atoms with Crippen molar-refractivity contribution in [3.63, 3.8) is 0 Å². The van der Waals surface area contributed by atoms with Crippen LogP contribution in [0, 0.1) is 0 Å². The Balaban J connectivity index is 2.41. The molecule has 1 N–H and O–H groups in total. The standard InChI is InChI=1S/C13H25N3/c1-5-9-14-11(3)7-8-12-10-16(4)15-13(12)6-2/h10-11,14H,5-9H2,1-4H3. The van der Waals surface area contributed by atoms with Crippen LogP contribution in [0.25, 0.3) is 0 Å². The molecule has 3 heteroatoms. The van der Waals surface area contributed by atoms with Crippen LogP contribution in [0.4, 0.5) is 0 Å². The van der Waals surface area contributed by atoms with E-state index in [9.17, 15) is 0 Å². The highest BCUT2D eigenvalue weighted by molar-refractivity contribution is 5.17. The smallest absolute Gasteiger partial charge is 0.0653 e. The first kappa shape index (κ1) is 13.2. The first-order valence-corrected chi connectivity index (χ1v) is 6.42. The van der Waals surface area contributed by atoms with Crippen molar-refractivity contribution in [1.29, 1.82) is 0 Å². The molecule has 0 saturated carbocycles. The van der Waals surface area contributed by atoms with E-state index in [1.165, 1.54) is 24.1 Å². The van der Waals surface area contributed by atoms with Crippen LogP contribution >= 0.6 is 0 Å². The largest absolute Gasteiger partial charge is 0.314 e. The van der Waals surface area contributed by atoms with E-state index in [1.807, 2.05) is 11.7 Å². The number of rotatable bonds is 7. The Labute approximate surface area is 99.2 Å². The van der Waals surface area contributed by atoms with Crippen LogP contribution in [-0.4, -0.2) is 22.4 Å². The van der Waals surface area contributed by atoms with E-state index >= 15 is 0 Å². The Morgan fingerprint density at radius 2 is 2.19 bits per heavy atom. The van der Waals surface area contributed by atoms with Crippen LogP contribution in [0.2, 0.25) is 0 Å². The highest BCUT2D eigenvalue weighted by Gasteiger charge is 2.07. The third-order valence-corrected chi connectivity index (χ3v) is 2.92. The molecular weight excluding hydrogens is 198 g/mol. The summed E-state index contributed by atoms with van der Waals surface area (Å²) in [5.74, 6) is 0. The summed E-state index contributed by atoms with van der Waals surface area (Å²) >= 11 is 0. The summed E-state index contributed by atoms with van der Waals surface area (Å²) in [5.41, 5.74) is 2.67. The molecule has 0 saturated heterocycles. The van der Waals surface area contributed by atoms with Gasteiger partial charge in [-0.05, 0) is 44.7 Å². The van der Waals surface area contributed by atoms with Gasteiger partial charge >= 0.3 is 0 Å². The molecule has 1 rings (SSSR count). The van der Waals surface area contributed by atoms with Gasteiger partial charge in [0.15, 0.2) is 0 Å². The highest BCUT2D eigenvalue weighted by atomic mass is 15.2. The molecule has 1 atom stereocenters. The normalized spacial score (nSPS) is 13.0. The van der Waals surface area contributed by atoms with Crippen LogP contribution in [0.3, 0.4) is 0 Å². The van der Waals surface area contributed by atoms with Crippen LogP contribution in [0.5, 0.6) is 0 Å². The van der Waals surface area contributed by atoms with Crippen LogP contribution in [-0.2, 0) is 19.9 Å². The minimum atomic E-state index is 0.602. The average Bonchev–Trinajstić information content (AvgIpc) is 2.64. The molecule has 0 radical (unpaired) electrons. The maximum Gasteiger partial charge on any atom is 0.0653 e. The molecule has 0 fully saturated rings. The van der Waals surface area contributed by atoms with Crippen molar-refractivity contribution >= 4 is 0 Å². The van der Waals surface area contributed by atoms with Gasteiger partial charge in [0, 0.05) is 19.3 Å². The van der Waals surface area contributed by atoms with E-state index < -0.39 is 0 Å². The highest BCUT2D eigenvalue weighted by Crippen LogP contribution is 2.11. The van der Waals surface area contributed by atoms with E-state index in [-0.39, 0.29) is 0 Å². The fourth-order valence-electron chi connectivity index (χ4n) is 1.95. The minimum Gasteiger partial charge on any atom is -0.314 e. The maximum atomic E-state index is 4.47. The lowest BCUT2D eigenvalue weighted by Crippen LogP contribution is -2.27. The second-order valence-corrected chi connectivity index (χ2v) is 4.52. The van der Waals surface area contributed by atoms with E-state index in [2.05, 4.69) is 37.4 Å². The number of aryl methyl sites for hydroxylation is 3. The second kappa shape index (κ2) is 6.69. The fraction of sp³-hybridized carbons (Fsp3) is 0.769. The number of hydrogen-bond acceptors (Lipinski definition) is 2. The molecule has 1 aromatic rings.